The highest BCUT2D eigenvalue weighted by atomic mass is 16.7. The van der Waals surface area contributed by atoms with Crippen molar-refractivity contribution in [3.8, 4) is 5.75 Å². The molecule has 0 aliphatic rings. The van der Waals surface area contributed by atoms with Gasteiger partial charge in [0, 0.05) is 19.8 Å². The molecule has 0 saturated heterocycles. The van der Waals surface area contributed by atoms with Gasteiger partial charge in [-0.05, 0) is 35.9 Å². The molecule has 1 atom stereocenters. The summed E-state index contributed by atoms with van der Waals surface area (Å²) in [7, 11) is 4.69. The van der Waals surface area contributed by atoms with Gasteiger partial charge in [0.1, 0.15) is 11.9 Å². The lowest BCUT2D eigenvalue weighted by molar-refractivity contribution is -0.264. The number of rotatable bonds is 5. The van der Waals surface area contributed by atoms with Crippen molar-refractivity contribution in [3.05, 3.63) is 42.0 Å². The number of aliphatic hydroxyl groups excluding tert-OH is 1. The number of fused-ring (bicyclic) bond motifs is 1. The smallest absolute Gasteiger partial charge is 0.221 e. The SMILES string of the molecule is COc1ccc2cc(C(OC)(OC)C(C)O)ccc2c1. The lowest BCUT2D eigenvalue weighted by Crippen LogP contribution is -2.41. The van der Waals surface area contributed by atoms with E-state index in [4.69, 9.17) is 14.2 Å². The van der Waals surface area contributed by atoms with Gasteiger partial charge in [0.2, 0.25) is 5.79 Å². The van der Waals surface area contributed by atoms with Crippen LogP contribution in [0.2, 0.25) is 0 Å². The molecule has 0 spiro atoms. The third-order valence-corrected chi connectivity index (χ3v) is 3.61. The first-order valence-corrected chi connectivity index (χ1v) is 6.44. The molecule has 0 aliphatic carbocycles. The zero-order valence-corrected chi connectivity index (χ0v) is 12.2. The molecule has 20 heavy (non-hydrogen) atoms. The molecule has 2 aromatic carbocycles. The Bertz CT molecular complexity index is 588. The predicted octanol–water partition coefficient (Wildman–Crippen LogP) is 2.67. The fourth-order valence-electron chi connectivity index (χ4n) is 2.47. The molecule has 0 saturated carbocycles. The third kappa shape index (κ3) is 2.38. The monoisotopic (exact) mass is 276 g/mol. The quantitative estimate of drug-likeness (QED) is 0.853. The summed E-state index contributed by atoms with van der Waals surface area (Å²) in [5.74, 6) is -0.348. The Morgan fingerprint density at radius 2 is 1.55 bits per heavy atom. The van der Waals surface area contributed by atoms with E-state index in [0.29, 0.717) is 0 Å². The average Bonchev–Trinajstić information content (AvgIpc) is 2.48. The highest BCUT2D eigenvalue weighted by Crippen LogP contribution is 2.32. The van der Waals surface area contributed by atoms with Crippen LogP contribution in [0.15, 0.2) is 36.4 Å². The number of hydrogen-bond acceptors (Lipinski definition) is 4. The first-order valence-electron chi connectivity index (χ1n) is 6.44. The molecule has 108 valence electrons. The zero-order valence-electron chi connectivity index (χ0n) is 12.2. The molecule has 0 heterocycles. The zero-order chi connectivity index (χ0) is 14.8. The van der Waals surface area contributed by atoms with E-state index in [1.165, 1.54) is 14.2 Å². The highest BCUT2D eigenvalue weighted by Gasteiger charge is 2.37. The molecule has 4 heteroatoms. The van der Waals surface area contributed by atoms with Crippen LogP contribution in [0.5, 0.6) is 5.75 Å². The van der Waals surface area contributed by atoms with Gasteiger partial charge in [-0.1, -0.05) is 18.2 Å². The van der Waals surface area contributed by atoms with Gasteiger partial charge in [-0.25, -0.2) is 0 Å². The van der Waals surface area contributed by atoms with Crippen molar-refractivity contribution in [2.24, 2.45) is 0 Å². The van der Waals surface area contributed by atoms with Crippen LogP contribution in [0.4, 0.5) is 0 Å². The Morgan fingerprint density at radius 3 is 2.10 bits per heavy atom. The number of hydrogen-bond donors (Lipinski definition) is 1. The normalized spacial score (nSPS) is 13.4. The van der Waals surface area contributed by atoms with Crippen molar-refractivity contribution in [2.75, 3.05) is 21.3 Å². The maximum absolute atomic E-state index is 10.0. The van der Waals surface area contributed by atoms with E-state index in [2.05, 4.69) is 0 Å². The molecule has 1 unspecified atom stereocenters. The van der Waals surface area contributed by atoms with E-state index < -0.39 is 11.9 Å². The van der Waals surface area contributed by atoms with Gasteiger partial charge < -0.3 is 19.3 Å². The number of methoxy groups -OCH3 is 3. The lowest BCUT2D eigenvalue weighted by Gasteiger charge is -2.34. The maximum atomic E-state index is 10.0. The van der Waals surface area contributed by atoms with E-state index in [0.717, 1.165) is 22.1 Å². The summed E-state index contributed by atoms with van der Waals surface area (Å²) in [6.07, 6.45) is -0.798. The van der Waals surface area contributed by atoms with E-state index in [9.17, 15) is 5.11 Å². The van der Waals surface area contributed by atoms with Gasteiger partial charge in [-0.3, -0.25) is 0 Å². The lowest BCUT2D eigenvalue weighted by atomic mass is 9.97. The van der Waals surface area contributed by atoms with Gasteiger partial charge in [0.05, 0.1) is 7.11 Å². The summed E-state index contributed by atoms with van der Waals surface area (Å²) in [6, 6.07) is 11.6. The van der Waals surface area contributed by atoms with Crippen molar-refractivity contribution in [1.82, 2.24) is 0 Å². The fourth-order valence-corrected chi connectivity index (χ4v) is 2.47. The van der Waals surface area contributed by atoms with Crippen LogP contribution in [0, 0.1) is 0 Å². The molecule has 0 bridgehead atoms. The van der Waals surface area contributed by atoms with E-state index in [1.54, 1.807) is 14.0 Å². The average molecular weight is 276 g/mol. The van der Waals surface area contributed by atoms with Crippen molar-refractivity contribution in [1.29, 1.82) is 0 Å². The van der Waals surface area contributed by atoms with Gasteiger partial charge >= 0.3 is 0 Å². The van der Waals surface area contributed by atoms with Crippen LogP contribution >= 0.6 is 0 Å². The minimum absolute atomic E-state index is 0.773. The molecule has 4 nitrogen and oxygen atoms in total. The van der Waals surface area contributed by atoms with E-state index in [-0.39, 0.29) is 0 Å². The largest absolute Gasteiger partial charge is 0.497 e. The predicted molar refractivity (Wildman–Crippen MR) is 77.9 cm³/mol. The topological polar surface area (TPSA) is 47.9 Å². The molecule has 0 radical (unpaired) electrons. The summed E-state index contributed by atoms with van der Waals surface area (Å²) in [5.41, 5.74) is 0.773. The standard InChI is InChI=1S/C16H20O4/c1-11(17)16(19-3,20-4)14-7-5-13-10-15(18-2)8-6-12(13)9-14/h5-11,17H,1-4H3. The van der Waals surface area contributed by atoms with Crippen LogP contribution < -0.4 is 4.74 Å². The molecule has 0 aromatic heterocycles. The summed E-state index contributed by atoms with van der Waals surface area (Å²) in [5, 5.41) is 12.1. The fraction of sp³-hybridized carbons (Fsp3) is 0.375. The molecule has 2 rings (SSSR count). The van der Waals surface area contributed by atoms with Crippen molar-refractivity contribution in [2.45, 2.75) is 18.8 Å². The number of aliphatic hydroxyl groups is 1. The summed E-state index contributed by atoms with van der Waals surface area (Å²) >= 11 is 0. The van der Waals surface area contributed by atoms with Gasteiger partial charge in [-0.2, -0.15) is 0 Å². The Balaban J connectivity index is 2.55. The van der Waals surface area contributed by atoms with Crippen LogP contribution in [0.25, 0.3) is 10.8 Å². The molecular weight excluding hydrogens is 256 g/mol. The van der Waals surface area contributed by atoms with Crippen molar-refractivity contribution < 1.29 is 19.3 Å². The van der Waals surface area contributed by atoms with Gasteiger partial charge in [0.25, 0.3) is 0 Å². The molecule has 0 aliphatic heterocycles. The maximum Gasteiger partial charge on any atom is 0.221 e. The second kappa shape index (κ2) is 5.79. The van der Waals surface area contributed by atoms with Crippen molar-refractivity contribution in [3.63, 3.8) is 0 Å². The van der Waals surface area contributed by atoms with Crippen LogP contribution in [0.3, 0.4) is 0 Å². The second-order valence-electron chi connectivity index (χ2n) is 4.68. The summed E-state index contributed by atoms with van der Waals surface area (Å²) < 4.78 is 16.1. The highest BCUT2D eigenvalue weighted by molar-refractivity contribution is 5.84. The minimum atomic E-state index is -1.16. The third-order valence-electron chi connectivity index (χ3n) is 3.61. The first kappa shape index (κ1) is 14.8. The number of ether oxygens (including phenoxy) is 3. The van der Waals surface area contributed by atoms with E-state index >= 15 is 0 Å². The van der Waals surface area contributed by atoms with Gasteiger partial charge in [0.15, 0.2) is 0 Å². The molecule has 1 N–H and O–H groups in total. The Kier molecular flexibility index (Phi) is 4.28. The van der Waals surface area contributed by atoms with Crippen LogP contribution in [-0.2, 0) is 15.3 Å². The van der Waals surface area contributed by atoms with E-state index in [1.807, 2.05) is 36.4 Å². The molecule has 0 amide bonds. The number of benzene rings is 2. The summed E-state index contributed by atoms with van der Waals surface area (Å²) in [4.78, 5) is 0. The minimum Gasteiger partial charge on any atom is -0.497 e. The van der Waals surface area contributed by atoms with Gasteiger partial charge in [-0.15, -0.1) is 0 Å². The Labute approximate surface area is 118 Å². The molecular formula is C16H20O4. The second-order valence-corrected chi connectivity index (χ2v) is 4.68. The van der Waals surface area contributed by atoms with Crippen molar-refractivity contribution >= 4 is 10.8 Å². The van der Waals surface area contributed by atoms with Crippen LogP contribution in [0.1, 0.15) is 12.5 Å². The summed E-state index contributed by atoms with van der Waals surface area (Å²) in [6.45, 7) is 1.64. The Hall–Kier alpha value is -1.62. The molecule has 2 aromatic rings. The first-order chi connectivity index (χ1) is 9.57. The van der Waals surface area contributed by atoms with Crippen LogP contribution in [-0.4, -0.2) is 32.5 Å². The Morgan fingerprint density at radius 1 is 0.950 bits per heavy atom. The molecule has 0 fully saturated rings.